The van der Waals surface area contributed by atoms with Crippen LogP contribution in [0.2, 0.25) is 10.0 Å². The lowest BCUT2D eigenvalue weighted by Gasteiger charge is -2.21. The van der Waals surface area contributed by atoms with Gasteiger partial charge in [-0.25, -0.2) is 19.4 Å². The second-order valence-corrected chi connectivity index (χ2v) is 13.4. The summed E-state index contributed by atoms with van der Waals surface area (Å²) in [6.45, 7) is 2.76. The second-order valence-electron chi connectivity index (χ2n) is 12.5. The number of pyridine rings is 1. The van der Waals surface area contributed by atoms with E-state index < -0.39 is 42.9 Å². The van der Waals surface area contributed by atoms with Gasteiger partial charge in [0.2, 0.25) is 17.8 Å². The van der Waals surface area contributed by atoms with Crippen LogP contribution in [0.3, 0.4) is 0 Å². The Morgan fingerprint density at radius 3 is 2.38 bits per heavy atom. The predicted molar refractivity (Wildman–Crippen MR) is 184 cm³/mol. The molecule has 0 bridgehead atoms. The number of amides is 2. The summed E-state index contributed by atoms with van der Waals surface area (Å²) in [7, 11) is 0. The summed E-state index contributed by atoms with van der Waals surface area (Å²) >= 11 is 12.2. The van der Waals surface area contributed by atoms with Crippen LogP contribution in [-0.2, 0) is 27.4 Å². The van der Waals surface area contributed by atoms with E-state index in [1.165, 1.54) is 36.5 Å². The molecule has 280 valence electrons. The summed E-state index contributed by atoms with van der Waals surface area (Å²) in [5.74, 6) is -3.01. The van der Waals surface area contributed by atoms with Crippen molar-refractivity contribution < 1.29 is 32.3 Å². The van der Waals surface area contributed by atoms with Gasteiger partial charge in [0.1, 0.15) is 6.54 Å². The van der Waals surface area contributed by atoms with Crippen molar-refractivity contribution in [1.29, 1.82) is 0 Å². The van der Waals surface area contributed by atoms with Gasteiger partial charge in [0.25, 0.3) is 5.91 Å². The monoisotopic (exact) mass is 768 g/mol. The van der Waals surface area contributed by atoms with E-state index in [0.29, 0.717) is 35.5 Å². The molecule has 0 aliphatic rings. The first kappa shape index (κ1) is 40.0. The van der Waals surface area contributed by atoms with Crippen LogP contribution in [-0.4, -0.2) is 77.2 Å². The fourth-order valence-corrected chi connectivity index (χ4v) is 5.20. The van der Waals surface area contributed by atoms with E-state index in [1.807, 2.05) is 13.8 Å². The number of hydrogen-bond acceptors (Lipinski definition) is 10. The number of nitrogens with zero attached hydrogens (tertiary/aromatic N) is 7. The Morgan fingerprint density at radius 1 is 1.04 bits per heavy atom. The zero-order chi connectivity index (χ0) is 38.2. The van der Waals surface area contributed by atoms with Crippen LogP contribution < -0.4 is 22.5 Å². The van der Waals surface area contributed by atoms with E-state index >= 15 is 0 Å². The van der Waals surface area contributed by atoms with Gasteiger partial charge in [-0.05, 0) is 61.2 Å². The Labute approximate surface area is 305 Å². The topological polar surface area (TPSA) is 208 Å². The number of primary amides is 1. The molecule has 0 unspecified atom stereocenters. The minimum absolute atomic E-state index is 0.0144. The standard InChI is InChI=1S/C32H37Cl2F3N10O5/c1-31(2,18-38)15-24(48)40-13-5-3-4-8-25(49)52-22(32(35,36)37)16-45-27(19-9-11-20(33)12-10-19)44-46(30(45)51)17-23-42-29(26(39)50)47(43-23)28-21(34)7-6-14-41-28/h6-7,9-12,14,22H,3-5,8,13,15-18,38H2,1-2H3,(H2,39,50)(H,40,48)/t22-/m0/s1. The Hall–Kier alpha value is -4.81. The number of nitrogens with one attached hydrogen (secondary N) is 1. The SMILES string of the molecule is CC(C)(CN)CC(=O)NCCCCCC(=O)O[C@@H](Cn1c(-c2ccc(Cl)cc2)nn(Cc2nc(C(N)=O)n(-c3ncccc3Cl)n2)c1=O)C(F)(F)F. The Balaban J connectivity index is 1.52. The number of nitrogens with two attached hydrogens (primary N) is 2. The highest BCUT2D eigenvalue weighted by Gasteiger charge is 2.44. The predicted octanol–water partition coefficient (Wildman–Crippen LogP) is 3.67. The molecule has 0 aliphatic heterocycles. The number of carbonyl (C=O) groups excluding carboxylic acids is 3. The molecule has 0 aliphatic carbocycles. The van der Waals surface area contributed by atoms with Crippen LogP contribution >= 0.6 is 23.2 Å². The quantitative estimate of drug-likeness (QED) is 0.105. The average molecular weight is 770 g/mol. The Kier molecular flexibility index (Phi) is 13.2. The van der Waals surface area contributed by atoms with Gasteiger partial charge in [0.05, 0.1) is 11.6 Å². The number of unbranched alkanes of at least 4 members (excludes halogenated alkanes) is 2. The third-order valence-electron chi connectivity index (χ3n) is 7.69. The van der Waals surface area contributed by atoms with Gasteiger partial charge in [-0.1, -0.05) is 43.5 Å². The number of rotatable bonds is 17. The van der Waals surface area contributed by atoms with E-state index in [0.717, 1.165) is 9.36 Å². The molecule has 1 atom stereocenters. The van der Waals surface area contributed by atoms with Gasteiger partial charge in [-0.2, -0.15) is 17.9 Å². The molecular formula is C32H37Cl2F3N10O5. The molecule has 52 heavy (non-hydrogen) atoms. The summed E-state index contributed by atoms with van der Waals surface area (Å²) in [6, 6.07) is 8.83. The van der Waals surface area contributed by atoms with Crippen LogP contribution in [0.15, 0.2) is 47.4 Å². The number of carbonyl (C=O) groups is 3. The van der Waals surface area contributed by atoms with Crippen LogP contribution in [0.4, 0.5) is 13.2 Å². The smallest absolute Gasteiger partial charge is 0.427 e. The molecule has 20 heteroatoms. The van der Waals surface area contributed by atoms with Crippen LogP contribution in [0, 0.1) is 5.41 Å². The maximum atomic E-state index is 14.3. The fraction of sp³-hybridized carbons (Fsp3) is 0.438. The summed E-state index contributed by atoms with van der Waals surface area (Å²) in [5, 5.41) is 11.6. The Morgan fingerprint density at radius 2 is 1.75 bits per heavy atom. The zero-order valence-electron chi connectivity index (χ0n) is 28.2. The van der Waals surface area contributed by atoms with E-state index in [9.17, 15) is 32.3 Å². The molecule has 4 rings (SSSR count). The third kappa shape index (κ3) is 10.6. The molecule has 2 amide bonds. The van der Waals surface area contributed by atoms with Crippen molar-refractivity contribution >= 4 is 41.0 Å². The van der Waals surface area contributed by atoms with E-state index in [1.54, 1.807) is 6.07 Å². The van der Waals surface area contributed by atoms with Gasteiger partial charge in [0.15, 0.2) is 17.5 Å². The van der Waals surface area contributed by atoms with Gasteiger partial charge < -0.3 is 21.5 Å². The highest BCUT2D eigenvalue weighted by atomic mass is 35.5. The number of aromatic nitrogens is 7. The van der Waals surface area contributed by atoms with Crippen LogP contribution in [0.25, 0.3) is 17.2 Å². The molecule has 4 aromatic rings. The molecule has 1 aromatic carbocycles. The fourth-order valence-electron chi connectivity index (χ4n) is 4.88. The molecule has 0 saturated carbocycles. The Bertz CT molecular complexity index is 1940. The summed E-state index contributed by atoms with van der Waals surface area (Å²) in [4.78, 5) is 58.6. The van der Waals surface area contributed by atoms with Crippen molar-refractivity contribution in [2.45, 2.75) is 71.3 Å². The molecule has 5 N–H and O–H groups in total. The number of halogens is 5. The van der Waals surface area contributed by atoms with Crippen LogP contribution in [0.1, 0.15) is 62.4 Å². The maximum Gasteiger partial charge on any atom is 0.427 e. The molecule has 3 aromatic heterocycles. The van der Waals surface area contributed by atoms with Gasteiger partial charge in [0, 0.05) is 36.2 Å². The van der Waals surface area contributed by atoms with Gasteiger partial charge >= 0.3 is 17.8 Å². The largest absolute Gasteiger partial charge is 0.451 e. The zero-order valence-corrected chi connectivity index (χ0v) is 29.7. The van der Waals surface area contributed by atoms with Crippen molar-refractivity contribution in [2.75, 3.05) is 13.1 Å². The molecule has 15 nitrogen and oxygen atoms in total. The van der Waals surface area contributed by atoms with Gasteiger partial charge in [-0.15, -0.1) is 10.2 Å². The van der Waals surface area contributed by atoms with E-state index in [2.05, 4.69) is 25.5 Å². The van der Waals surface area contributed by atoms with Crippen molar-refractivity contribution in [2.24, 2.45) is 16.9 Å². The van der Waals surface area contributed by atoms with Crippen molar-refractivity contribution in [3.8, 4) is 17.2 Å². The lowest BCUT2D eigenvalue weighted by Crippen LogP contribution is -2.40. The molecule has 0 fully saturated rings. The van der Waals surface area contributed by atoms with Crippen molar-refractivity contribution in [1.82, 2.24) is 39.4 Å². The second kappa shape index (κ2) is 17.1. The lowest BCUT2D eigenvalue weighted by atomic mass is 9.89. The number of esters is 1. The first-order valence-corrected chi connectivity index (χ1v) is 16.8. The first-order chi connectivity index (χ1) is 24.5. The number of alkyl halides is 3. The number of ether oxygens (including phenoxy) is 1. The van der Waals surface area contributed by atoms with E-state index in [-0.39, 0.29) is 64.5 Å². The van der Waals surface area contributed by atoms with Crippen molar-refractivity contribution in [3.05, 3.63) is 74.8 Å². The number of hydrogen-bond donors (Lipinski definition) is 3. The summed E-state index contributed by atoms with van der Waals surface area (Å²) < 4.78 is 50.2. The van der Waals surface area contributed by atoms with Gasteiger partial charge in [-0.3, -0.25) is 19.0 Å². The van der Waals surface area contributed by atoms with Crippen LogP contribution in [0.5, 0.6) is 0 Å². The van der Waals surface area contributed by atoms with E-state index in [4.69, 9.17) is 39.4 Å². The molecule has 0 spiro atoms. The normalized spacial score (nSPS) is 12.5. The van der Waals surface area contributed by atoms with Crippen molar-refractivity contribution in [3.63, 3.8) is 0 Å². The molecule has 3 heterocycles. The third-order valence-corrected chi connectivity index (χ3v) is 8.23. The summed E-state index contributed by atoms with van der Waals surface area (Å²) in [6.07, 6.45) is -5.33. The minimum atomic E-state index is -5.06. The molecular weight excluding hydrogens is 732 g/mol. The number of benzene rings is 1. The highest BCUT2D eigenvalue weighted by molar-refractivity contribution is 6.32. The molecule has 0 radical (unpaired) electrons. The highest BCUT2D eigenvalue weighted by Crippen LogP contribution is 2.27. The lowest BCUT2D eigenvalue weighted by molar-refractivity contribution is -0.224. The average Bonchev–Trinajstić information content (AvgIpc) is 3.63. The maximum absolute atomic E-state index is 14.3. The summed E-state index contributed by atoms with van der Waals surface area (Å²) in [5.41, 5.74) is 9.97. The first-order valence-electron chi connectivity index (χ1n) is 16.0. The minimum Gasteiger partial charge on any atom is -0.451 e. The molecule has 0 saturated heterocycles.